The Morgan fingerprint density at radius 3 is 2.07 bits per heavy atom. The lowest BCUT2D eigenvalue weighted by atomic mass is 9.98. The van der Waals surface area contributed by atoms with Crippen molar-refractivity contribution < 1.29 is 0 Å². The fourth-order valence-electron chi connectivity index (χ4n) is 5.21. The number of para-hydroxylation sites is 1. The third-order valence-electron chi connectivity index (χ3n) is 6.37. The number of halogens is 1. The van der Waals surface area contributed by atoms with Crippen LogP contribution in [0.15, 0.2) is 97.1 Å². The second kappa shape index (κ2) is 5.75. The number of hydrogen-bond acceptors (Lipinski definition) is 0. The van der Waals surface area contributed by atoms with Gasteiger partial charge in [0.1, 0.15) is 0 Å². The van der Waals surface area contributed by atoms with Gasteiger partial charge in [0.05, 0.1) is 11.0 Å². The predicted molar refractivity (Wildman–Crippen MR) is 128 cm³/mol. The molecule has 0 saturated heterocycles. The molecular weight excluding hydrogens is 386 g/mol. The van der Waals surface area contributed by atoms with E-state index >= 15 is 0 Å². The van der Waals surface area contributed by atoms with Crippen LogP contribution in [-0.2, 0) is 0 Å². The number of nitrogens with zero attached hydrogens (tertiary/aromatic N) is 1. The summed E-state index contributed by atoms with van der Waals surface area (Å²) in [5, 5.41) is 5.86. The van der Waals surface area contributed by atoms with Gasteiger partial charge in [0.15, 0.2) is 0 Å². The van der Waals surface area contributed by atoms with Gasteiger partial charge < -0.3 is 4.57 Å². The molecule has 0 unspecified atom stereocenters. The van der Waals surface area contributed by atoms with Gasteiger partial charge in [0.25, 0.3) is 0 Å². The minimum atomic E-state index is 0.765. The molecule has 0 bridgehead atoms. The number of hydrogen-bond donors (Lipinski definition) is 0. The zero-order valence-electron chi connectivity index (χ0n) is 16.1. The normalized spacial score (nSPS) is 12.2. The van der Waals surface area contributed by atoms with Crippen molar-refractivity contribution in [3.05, 3.63) is 102 Å². The smallest absolute Gasteiger partial charge is 0.0553 e. The van der Waals surface area contributed by atoms with Crippen LogP contribution in [0.25, 0.3) is 60.5 Å². The van der Waals surface area contributed by atoms with Crippen LogP contribution in [0.4, 0.5) is 0 Å². The maximum atomic E-state index is 6.46. The van der Waals surface area contributed by atoms with Gasteiger partial charge in [-0.1, -0.05) is 72.3 Å². The van der Waals surface area contributed by atoms with Gasteiger partial charge in [0, 0.05) is 21.5 Å². The van der Waals surface area contributed by atoms with Gasteiger partial charge in [-0.3, -0.25) is 0 Å². The summed E-state index contributed by atoms with van der Waals surface area (Å²) in [6.45, 7) is 0. The van der Waals surface area contributed by atoms with Crippen LogP contribution in [-0.4, -0.2) is 4.57 Å². The second-order valence-electron chi connectivity index (χ2n) is 7.92. The van der Waals surface area contributed by atoms with Gasteiger partial charge >= 0.3 is 0 Å². The van der Waals surface area contributed by atoms with Crippen LogP contribution >= 0.6 is 11.6 Å². The highest BCUT2D eigenvalue weighted by atomic mass is 35.5. The highest BCUT2D eigenvalue weighted by Crippen LogP contribution is 2.51. The first-order valence-electron chi connectivity index (χ1n) is 10.2. The van der Waals surface area contributed by atoms with Crippen LogP contribution in [0.1, 0.15) is 0 Å². The number of benzene rings is 5. The molecule has 1 nitrogen and oxygen atoms in total. The van der Waals surface area contributed by atoms with Crippen LogP contribution < -0.4 is 0 Å². The SMILES string of the molecule is Clc1ccc2c(c1)c1c3cccc4c3c(cc1n2-c1ccccc1)-c1ccccc1-4. The molecule has 0 atom stereocenters. The molecule has 0 N–H and O–H groups in total. The summed E-state index contributed by atoms with van der Waals surface area (Å²) in [5.41, 5.74) is 8.83. The van der Waals surface area contributed by atoms with E-state index in [2.05, 4.69) is 95.6 Å². The maximum absolute atomic E-state index is 6.46. The summed E-state index contributed by atoms with van der Waals surface area (Å²) < 4.78 is 2.37. The van der Waals surface area contributed by atoms with E-state index in [9.17, 15) is 0 Å². The van der Waals surface area contributed by atoms with Crippen molar-refractivity contribution in [2.24, 2.45) is 0 Å². The first-order valence-corrected chi connectivity index (χ1v) is 10.5. The summed E-state index contributed by atoms with van der Waals surface area (Å²) in [6.07, 6.45) is 0. The minimum absolute atomic E-state index is 0.765. The van der Waals surface area contributed by atoms with E-state index in [1.807, 2.05) is 6.07 Å². The van der Waals surface area contributed by atoms with Gasteiger partial charge in [-0.2, -0.15) is 0 Å². The fraction of sp³-hybridized carbons (Fsp3) is 0. The van der Waals surface area contributed by atoms with E-state index in [4.69, 9.17) is 11.6 Å². The molecule has 1 heterocycles. The molecular formula is C28H16ClN. The van der Waals surface area contributed by atoms with E-state index in [0.29, 0.717) is 0 Å². The Labute approximate surface area is 178 Å². The summed E-state index contributed by atoms with van der Waals surface area (Å²) in [4.78, 5) is 0. The molecule has 0 saturated carbocycles. The van der Waals surface area contributed by atoms with E-state index in [1.165, 1.54) is 54.8 Å². The molecule has 30 heavy (non-hydrogen) atoms. The summed E-state index contributed by atoms with van der Waals surface area (Å²) in [5.74, 6) is 0. The number of aromatic nitrogens is 1. The van der Waals surface area contributed by atoms with Crippen LogP contribution in [0.5, 0.6) is 0 Å². The van der Waals surface area contributed by atoms with Crippen molar-refractivity contribution in [2.75, 3.05) is 0 Å². The zero-order valence-corrected chi connectivity index (χ0v) is 16.8. The highest BCUT2D eigenvalue weighted by Gasteiger charge is 2.25. The minimum Gasteiger partial charge on any atom is -0.309 e. The number of rotatable bonds is 1. The quantitative estimate of drug-likeness (QED) is 0.261. The molecule has 1 aromatic heterocycles. The topological polar surface area (TPSA) is 4.93 Å². The monoisotopic (exact) mass is 401 g/mol. The van der Waals surface area contributed by atoms with Gasteiger partial charge in [0.2, 0.25) is 0 Å². The average Bonchev–Trinajstić information content (AvgIpc) is 3.29. The third-order valence-corrected chi connectivity index (χ3v) is 6.61. The van der Waals surface area contributed by atoms with Crippen molar-refractivity contribution in [1.82, 2.24) is 4.57 Å². The first kappa shape index (κ1) is 16.3. The molecule has 5 aromatic carbocycles. The second-order valence-corrected chi connectivity index (χ2v) is 8.36. The molecule has 1 aliphatic carbocycles. The van der Waals surface area contributed by atoms with E-state index < -0.39 is 0 Å². The largest absolute Gasteiger partial charge is 0.309 e. The molecule has 7 rings (SSSR count). The van der Waals surface area contributed by atoms with Crippen LogP contribution in [0.2, 0.25) is 5.02 Å². The van der Waals surface area contributed by atoms with Gasteiger partial charge in [-0.05, 0) is 69.4 Å². The average molecular weight is 402 g/mol. The molecule has 140 valence electrons. The van der Waals surface area contributed by atoms with Crippen LogP contribution in [0.3, 0.4) is 0 Å². The molecule has 0 spiro atoms. The Balaban J connectivity index is 1.77. The van der Waals surface area contributed by atoms with Crippen molar-refractivity contribution in [3.63, 3.8) is 0 Å². The molecule has 0 radical (unpaired) electrons. The van der Waals surface area contributed by atoms with Crippen molar-refractivity contribution in [2.45, 2.75) is 0 Å². The lowest BCUT2D eigenvalue weighted by molar-refractivity contribution is 1.18. The maximum Gasteiger partial charge on any atom is 0.0553 e. The van der Waals surface area contributed by atoms with Gasteiger partial charge in [-0.25, -0.2) is 0 Å². The molecule has 0 fully saturated rings. The Kier molecular flexibility index (Phi) is 3.12. The zero-order chi connectivity index (χ0) is 19.8. The Hall–Kier alpha value is -3.55. The lowest BCUT2D eigenvalue weighted by Crippen LogP contribution is -1.93. The molecule has 0 aliphatic heterocycles. The summed E-state index contributed by atoms with van der Waals surface area (Å²) in [6, 6.07) is 34.6. The molecule has 1 aliphatic rings. The molecule has 0 amide bonds. The van der Waals surface area contributed by atoms with Crippen molar-refractivity contribution >= 4 is 44.2 Å². The molecule has 6 aromatic rings. The van der Waals surface area contributed by atoms with Gasteiger partial charge in [-0.15, -0.1) is 0 Å². The number of fused-ring (bicyclic) bond motifs is 7. The highest BCUT2D eigenvalue weighted by molar-refractivity contribution is 6.33. The summed E-state index contributed by atoms with van der Waals surface area (Å²) in [7, 11) is 0. The van der Waals surface area contributed by atoms with E-state index in [-0.39, 0.29) is 0 Å². The van der Waals surface area contributed by atoms with E-state index in [0.717, 1.165) is 10.7 Å². The van der Waals surface area contributed by atoms with E-state index in [1.54, 1.807) is 0 Å². The fourth-order valence-corrected chi connectivity index (χ4v) is 5.38. The molecule has 2 heteroatoms. The predicted octanol–water partition coefficient (Wildman–Crippen LogP) is 8.24. The lowest BCUT2D eigenvalue weighted by Gasteiger charge is -2.10. The third kappa shape index (κ3) is 1.98. The first-order chi connectivity index (χ1) is 14.8. The Morgan fingerprint density at radius 1 is 0.500 bits per heavy atom. The standard InChI is InChI=1S/C28H16ClN/c29-17-13-14-25-24(15-17)28-22-12-6-11-21-19-9-4-5-10-20(19)23(27(21)22)16-26(28)30(25)18-7-2-1-3-8-18/h1-16H. The Morgan fingerprint density at radius 2 is 1.23 bits per heavy atom. The summed E-state index contributed by atoms with van der Waals surface area (Å²) >= 11 is 6.46. The van der Waals surface area contributed by atoms with Crippen molar-refractivity contribution in [3.8, 4) is 27.9 Å². The van der Waals surface area contributed by atoms with Crippen LogP contribution in [0, 0.1) is 0 Å². The Bertz CT molecular complexity index is 1640. The van der Waals surface area contributed by atoms with Crippen molar-refractivity contribution in [1.29, 1.82) is 0 Å².